The minimum Gasteiger partial charge on any atom is -0.370 e. The molecule has 3 amide bonds. The number of hydrogen-bond donors (Lipinski definition) is 8. The van der Waals surface area contributed by atoms with Crippen molar-refractivity contribution in [1.29, 1.82) is 0 Å². The number of aliphatic imine (C=N–C) groups is 2. The number of carbonyl (C=O) groups excluding carboxylic acids is 3. The van der Waals surface area contributed by atoms with Crippen LogP contribution in [0.5, 0.6) is 0 Å². The van der Waals surface area contributed by atoms with E-state index in [0.29, 0.717) is 39.0 Å². The average Bonchev–Trinajstić information content (AvgIpc) is 2.91. The SMILES string of the molecule is CCCCCCCC(CC(=O)NCCCCCN=C(N)N)NCC(=O)NC(CC(C)C)C(=O)NCCCCN=C(N)N. The average molecular weight is 597 g/mol. The summed E-state index contributed by atoms with van der Waals surface area (Å²) in [5, 5.41) is 12.0. The van der Waals surface area contributed by atoms with E-state index in [-0.39, 0.29) is 48.1 Å². The molecule has 12 N–H and O–H groups in total. The molecule has 0 saturated heterocycles. The van der Waals surface area contributed by atoms with E-state index in [2.05, 4.69) is 38.2 Å². The van der Waals surface area contributed by atoms with E-state index < -0.39 is 6.04 Å². The number of nitrogens with one attached hydrogen (secondary N) is 4. The number of rotatable bonds is 26. The third-order valence-electron chi connectivity index (χ3n) is 6.63. The van der Waals surface area contributed by atoms with Crippen LogP contribution in [0.15, 0.2) is 9.98 Å². The van der Waals surface area contributed by atoms with Crippen molar-refractivity contribution in [2.75, 3.05) is 32.7 Å². The van der Waals surface area contributed by atoms with Gasteiger partial charge in [-0.1, -0.05) is 52.9 Å². The quantitative estimate of drug-likeness (QED) is 0.0406. The molecule has 2 atom stereocenters. The van der Waals surface area contributed by atoms with E-state index in [0.717, 1.165) is 57.8 Å². The third-order valence-corrected chi connectivity index (χ3v) is 6.63. The first kappa shape index (κ1) is 38.9. The van der Waals surface area contributed by atoms with Crippen LogP contribution in [-0.4, -0.2) is 74.4 Å². The summed E-state index contributed by atoms with van der Waals surface area (Å²) < 4.78 is 0. The fourth-order valence-electron chi connectivity index (χ4n) is 4.38. The Labute approximate surface area is 253 Å². The first-order chi connectivity index (χ1) is 20.0. The lowest BCUT2D eigenvalue weighted by atomic mass is 10.0. The molecule has 0 radical (unpaired) electrons. The molecule has 244 valence electrons. The van der Waals surface area contributed by atoms with Crippen LogP contribution in [0.3, 0.4) is 0 Å². The smallest absolute Gasteiger partial charge is 0.242 e. The van der Waals surface area contributed by atoms with E-state index in [1.165, 1.54) is 12.8 Å². The van der Waals surface area contributed by atoms with Gasteiger partial charge in [0, 0.05) is 38.6 Å². The molecular weight excluding hydrogens is 536 g/mol. The minimum atomic E-state index is -0.625. The zero-order valence-corrected chi connectivity index (χ0v) is 26.4. The first-order valence-electron chi connectivity index (χ1n) is 15.7. The summed E-state index contributed by atoms with van der Waals surface area (Å²) in [5.74, 6) is -0.135. The Kier molecular flexibility index (Phi) is 23.7. The summed E-state index contributed by atoms with van der Waals surface area (Å²) >= 11 is 0. The summed E-state index contributed by atoms with van der Waals surface area (Å²) in [6, 6.07) is -0.749. The predicted molar refractivity (Wildman–Crippen MR) is 172 cm³/mol. The Morgan fingerprint density at radius 3 is 1.90 bits per heavy atom. The molecule has 0 heterocycles. The Hall–Kier alpha value is -3.09. The maximum atomic E-state index is 12.8. The van der Waals surface area contributed by atoms with E-state index in [4.69, 9.17) is 22.9 Å². The minimum absolute atomic E-state index is 0.0393. The standard InChI is InChI=1S/C29H60N10O3/c1-4-5-6-7-9-14-23(20-25(40)34-15-10-8-11-17-36-28(30)31)38-21-26(41)39-24(19-22(2)3)27(42)35-16-12-13-18-37-29(32)33/h22-24,38H,4-21H2,1-3H3,(H,34,40)(H,35,42)(H,39,41)(H4,30,31,36)(H4,32,33,37). The van der Waals surface area contributed by atoms with Gasteiger partial charge in [0.25, 0.3) is 0 Å². The van der Waals surface area contributed by atoms with Crippen LogP contribution in [0.2, 0.25) is 0 Å². The van der Waals surface area contributed by atoms with Gasteiger partial charge in [-0.25, -0.2) is 0 Å². The summed E-state index contributed by atoms with van der Waals surface area (Å²) in [6.45, 7) is 8.40. The van der Waals surface area contributed by atoms with Crippen LogP contribution in [-0.2, 0) is 14.4 Å². The lowest BCUT2D eigenvalue weighted by Gasteiger charge is -2.22. The third kappa shape index (κ3) is 24.7. The molecule has 13 heteroatoms. The van der Waals surface area contributed by atoms with E-state index >= 15 is 0 Å². The molecule has 42 heavy (non-hydrogen) atoms. The summed E-state index contributed by atoms with van der Waals surface area (Å²) in [5.41, 5.74) is 21.3. The first-order valence-corrected chi connectivity index (χ1v) is 15.7. The highest BCUT2D eigenvalue weighted by Gasteiger charge is 2.22. The molecule has 0 aromatic carbocycles. The van der Waals surface area contributed by atoms with Gasteiger partial charge < -0.3 is 44.2 Å². The molecule has 2 unspecified atom stereocenters. The van der Waals surface area contributed by atoms with E-state index in [1.54, 1.807) is 0 Å². The van der Waals surface area contributed by atoms with Gasteiger partial charge in [-0.3, -0.25) is 24.4 Å². The van der Waals surface area contributed by atoms with Crippen LogP contribution in [0.1, 0.15) is 104 Å². The van der Waals surface area contributed by atoms with Gasteiger partial charge in [0.1, 0.15) is 6.04 Å². The van der Waals surface area contributed by atoms with Crippen LogP contribution in [0.4, 0.5) is 0 Å². The molecule has 0 aliphatic carbocycles. The van der Waals surface area contributed by atoms with E-state index in [1.807, 2.05) is 13.8 Å². The maximum absolute atomic E-state index is 12.8. The van der Waals surface area contributed by atoms with Crippen molar-refractivity contribution in [2.45, 2.75) is 116 Å². The second kappa shape index (κ2) is 25.6. The van der Waals surface area contributed by atoms with Gasteiger partial charge in [0.2, 0.25) is 17.7 Å². The zero-order chi connectivity index (χ0) is 31.6. The number of nitrogens with two attached hydrogens (primary N) is 4. The second-order valence-electron chi connectivity index (χ2n) is 11.3. The van der Waals surface area contributed by atoms with Crippen molar-refractivity contribution in [3.63, 3.8) is 0 Å². The van der Waals surface area contributed by atoms with Gasteiger partial charge >= 0.3 is 0 Å². The van der Waals surface area contributed by atoms with Crippen LogP contribution >= 0.6 is 0 Å². The Balaban J connectivity index is 4.76. The lowest BCUT2D eigenvalue weighted by molar-refractivity contribution is -0.129. The van der Waals surface area contributed by atoms with Gasteiger partial charge in [-0.05, 0) is 50.9 Å². The highest BCUT2D eigenvalue weighted by molar-refractivity contribution is 5.88. The van der Waals surface area contributed by atoms with Crippen LogP contribution in [0, 0.1) is 5.92 Å². The second-order valence-corrected chi connectivity index (χ2v) is 11.3. The van der Waals surface area contributed by atoms with Crippen molar-refractivity contribution in [3.05, 3.63) is 0 Å². The number of carbonyl (C=O) groups is 3. The molecule has 0 fully saturated rings. The topological polar surface area (TPSA) is 228 Å². The normalized spacial score (nSPS) is 12.3. The van der Waals surface area contributed by atoms with Crippen molar-refractivity contribution >= 4 is 29.6 Å². The highest BCUT2D eigenvalue weighted by Crippen LogP contribution is 2.10. The van der Waals surface area contributed by atoms with Crippen molar-refractivity contribution in [3.8, 4) is 0 Å². The summed E-state index contributed by atoms with van der Waals surface area (Å²) in [6.07, 6.45) is 11.3. The Bertz CT molecular complexity index is 797. The van der Waals surface area contributed by atoms with E-state index in [9.17, 15) is 14.4 Å². The van der Waals surface area contributed by atoms with Gasteiger partial charge in [0.05, 0.1) is 6.54 Å². The summed E-state index contributed by atoms with van der Waals surface area (Å²) in [4.78, 5) is 46.2. The molecule has 13 nitrogen and oxygen atoms in total. The van der Waals surface area contributed by atoms with Gasteiger partial charge in [0.15, 0.2) is 11.9 Å². The maximum Gasteiger partial charge on any atom is 0.242 e. The number of guanidine groups is 2. The Morgan fingerprint density at radius 2 is 1.29 bits per heavy atom. The van der Waals surface area contributed by atoms with Gasteiger partial charge in [-0.2, -0.15) is 0 Å². The van der Waals surface area contributed by atoms with Crippen LogP contribution < -0.4 is 44.2 Å². The fraction of sp³-hybridized carbons (Fsp3) is 0.828. The fourth-order valence-corrected chi connectivity index (χ4v) is 4.38. The highest BCUT2D eigenvalue weighted by atomic mass is 16.2. The predicted octanol–water partition coefficient (Wildman–Crippen LogP) is 0.956. The monoisotopic (exact) mass is 596 g/mol. The largest absolute Gasteiger partial charge is 0.370 e. The van der Waals surface area contributed by atoms with Crippen molar-refractivity contribution in [1.82, 2.24) is 21.3 Å². The Morgan fingerprint density at radius 1 is 0.714 bits per heavy atom. The number of amides is 3. The van der Waals surface area contributed by atoms with Crippen LogP contribution in [0.25, 0.3) is 0 Å². The molecule has 0 aromatic heterocycles. The molecule has 0 bridgehead atoms. The van der Waals surface area contributed by atoms with Crippen molar-refractivity contribution < 1.29 is 14.4 Å². The number of hydrogen-bond acceptors (Lipinski definition) is 6. The molecule has 0 aliphatic heterocycles. The number of unbranched alkanes of at least 4 members (excludes halogenated alkanes) is 7. The van der Waals surface area contributed by atoms with Crippen molar-refractivity contribution in [2.24, 2.45) is 38.8 Å². The number of nitrogens with zero attached hydrogens (tertiary/aromatic N) is 2. The molecule has 0 spiro atoms. The molecule has 0 rings (SSSR count). The van der Waals surface area contributed by atoms with Gasteiger partial charge in [-0.15, -0.1) is 0 Å². The zero-order valence-electron chi connectivity index (χ0n) is 26.4. The molecular formula is C29H60N10O3. The lowest BCUT2D eigenvalue weighted by Crippen LogP contribution is -2.50. The molecule has 0 saturated carbocycles. The summed E-state index contributed by atoms with van der Waals surface area (Å²) in [7, 11) is 0. The molecule has 0 aromatic rings. The molecule has 0 aliphatic rings.